The Bertz CT molecular complexity index is 936. The molecule has 4 rings (SSSR count). The summed E-state index contributed by atoms with van der Waals surface area (Å²) in [7, 11) is 0. The summed E-state index contributed by atoms with van der Waals surface area (Å²) in [5.74, 6) is 0.132. The number of fused-ring (bicyclic) bond motifs is 1. The number of carbonyl (C=O) groups excluding carboxylic acids is 1. The minimum Gasteiger partial charge on any atom is -0.384 e. The summed E-state index contributed by atoms with van der Waals surface area (Å²) in [6, 6.07) is 16.8. The molecular weight excluding hydrogens is 392 g/mol. The van der Waals surface area contributed by atoms with Crippen LogP contribution >= 0.6 is 11.8 Å². The number of amidine groups is 1. The van der Waals surface area contributed by atoms with E-state index < -0.39 is 0 Å². The van der Waals surface area contributed by atoms with E-state index in [4.69, 9.17) is 11.1 Å². The maximum Gasteiger partial charge on any atom is 0.245 e. The number of thioether (sulfide) groups is 1. The molecule has 2 aliphatic heterocycles. The average Bonchev–Trinajstić information content (AvgIpc) is 2.74. The zero-order valence-electron chi connectivity index (χ0n) is 17.7. The number of piperidine rings is 1. The molecule has 30 heavy (non-hydrogen) atoms. The Morgan fingerprint density at radius 1 is 1.10 bits per heavy atom. The molecule has 1 amide bonds. The lowest BCUT2D eigenvalue weighted by atomic mass is 9.97. The summed E-state index contributed by atoms with van der Waals surface area (Å²) in [6.07, 6.45) is 3.74. The summed E-state index contributed by atoms with van der Waals surface area (Å²) in [5, 5.41) is 7.42. The van der Waals surface area contributed by atoms with Crippen molar-refractivity contribution in [3.05, 3.63) is 59.7 Å². The van der Waals surface area contributed by atoms with Crippen LogP contribution in [0.3, 0.4) is 0 Å². The Morgan fingerprint density at radius 2 is 1.83 bits per heavy atom. The smallest absolute Gasteiger partial charge is 0.245 e. The zero-order chi connectivity index (χ0) is 21.3. The number of para-hydroxylation sites is 1. The van der Waals surface area contributed by atoms with Gasteiger partial charge in [-0.3, -0.25) is 15.1 Å². The Morgan fingerprint density at radius 3 is 2.57 bits per heavy atom. The highest BCUT2D eigenvalue weighted by Crippen LogP contribution is 2.46. The predicted octanol–water partition coefficient (Wildman–Crippen LogP) is 4.41. The fourth-order valence-corrected chi connectivity index (χ4v) is 5.88. The van der Waals surface area contributed by atoms with Gasteiger partial charge in [0.15, 0.2) is 0 Å². The lowest BCUT2D eigenvalue weighted by Crippen LogP contribution is -2.49. The molecule has 5 nitrogen and oxygen atoms in total. The zero-order valence-corrected chi connectivity index (χ0v) is 18.5. The van der Waals surface area contributed by atoms with E-state index in [1.165, 1.54) is 19.3 Å². The molecule has 2 heterocycles. The molecule has 0 spiro atoms. The molecule has 2 aromatic carbocycles. The molecule has 158 valence electrons. The maximum absolute atomic E-state index is 13.6. The summed E-state index contributed by atoms with van der Waals surface area (Å²) >= 11 is 1.59. The van der Waals surface area contributed by atoms with Crippen LogP contribution < -0.4 is 10.6 Å². The largest absolute Gasteiger partial charge is 0.384 e. The number of hydrogen-bond donors (Lipinski definition) is 2. The van der Waals surface area contributed by atoms with Gasteiger partial charge >= 0.3 is 0 Å². The Labute approximate surface area is 183 Å². The van der Waals surface area contributed by atoms with Crippen LogP contribution in [-0.2, 0) is 4.79 Å². The van der Waals surface area contributed by atoms with Crippen molar-refractivity contribution in [2.45, 2.75) is 55.3 Å². The van der Waals surface area contributed by atoms with E-state index in [0.29, 0.717) is 24.2 Å². The van der Waals surface area contributed by atoms with Gasteiger partial charge in [-0.25, -0.2) is 0 Å². The molecule has 1 unspecified atom stereocenters. The second-order valence-electron chi connectivity index (χ2n) is 8.36. The summed E-state index contributed by atoms with van der Waals surface area (Å²) in [4.78, 5) is 19.2. The highest BCUT2D eigenvalue weighted by Gasteiger charge is 2.35. The SMILES string of the molecule is C[C@@H]1CCC[C@H](C)N1CCN1C(=O)C(c2cccc(C(=N)N)c2)Sc2ccccc21. The van der Waals surface area contributed by atoms with Crippen molar-refractivity contribution >= 4 is 29.2 Å². The highest BCUT2D eigenvalue weighted by molar-refractivity contribution is 8.00. The van der Waals surface area contributed by atoms with E-state index in [1.807, 2.05) is 47.4 Å². The molecule has 0 bridgehead atoms. The topological polar surface area (TPSA) is 73.4 Å². The monoisotopic (exact) mass is 422 g/mol. The van der Waals surface area contributed by atoms with Crippen molar-refractivity contribution in [1.82, 2.24) is 4.90 Å². The Kier molecular flexibility index (Phi) is 6.16. The van der Waals surface area contributed by atoms with E-state index in [9.17, 15) is 4.79 Å². The van der Waals surface area contributed by atoms with Crippen molar-refractivity contribution in [2.75, 3.05) is 18.0 Å². The average molecular weight is 423 g/mol. The van der Waals surface area contributed by atoms with Crippen molar-refractivity contribution in [2.24, 2.45) is 5.73 Å². The molecule has 0 aromatic heterocycles. The predicted molar refractivity (Wildman–Crippen MR) is 124 cm³/mol. The van der Waals surface area contributed by atoms with Gasteiger partial charge in [-0.05, 0) is 50.5 Å². The molecule has 0 saturated carbocycles. The van der Waals surface area contributed by atoms with Crippen LogP contribution in [0, 0.1) is 5.41 Å². The van der Waals surface area contributed by atoms with E-state index in [1.54, 1.807) is 11.8 Å². The lowest BCUT2D eigenvalue weighted by Gasteiger charge is -2.41. The number of rotatable bonds is 5. The van der Waals surface area contributed by atoms with Crippen LogP contribution in [0.15, 0.2) is 53.4 Å². The highest BCUT2D eigenvalue weighted by atomic mass is 32.2. The van der Waals surface area contributed by atoms with E-state index in [-0.39, 0.29) is 17.0 Å². The van der Waals surface area contributed by atoms with Crippen LogP contribution in [-0.4, -0.2) is 41.8 Å². The molecular formula is C24H30N4OS. The van der Waals surface area contributed by atoms with Gasteiger partial charge in [0.2, 0.25) is 5.91 Å². The first-order valence-corrected chi connectivity index (χ1v) is 11.6. The lowest BCUT2D eigenvalue weighted by molar-refractivity contribution is -0.118. The summed E-state index contributed by atoms with van der Waals surface area (Å²) in [5.41, 5.74) is 8.24. The summed E-state index contributed by atoms with van der Waals surface area (Å²) in [6.45, 7) is 6.17. The third-order valence-electron chi connectivity index (χ3n) is 6.35. The third-order valence-corrected chi connectivity index (χ3v) is 7.66. The van der Waals surface area contributed by atoms with Crippen LogP contribution in [0.25, 0.3) is 0 Å². The Hall–Kier alpha value is -2.31. The third kappa shape index (κ3) is 4.12. The van der Waals surface area contributed by atoms with Gasteiger partial charge in [-0.1, -0.05) is 36.8 Å². The van der Waals surface area contributed by atoms with Gasteiger partial charge in [0.1, 0.15) is 11.1 Å². The number of nitrogens with two attached hydrogens (primary N) is 1. The molecule has 2 aliphatic rings. The first-order chi connectivity index (χ1) is 14.5. The van der Waals surface area contributed by atoms with Crippen LogP contribution in [0.5, 0.6) is 0 Å². The molecule has 2 aromatic rings. The van der Waals surface area contributed by atoms with Crippen molar-refractivity contribution < 1.29 is 4.79 Å². The van der Waals surface area contributed by atoms with E-state index in [2.05, 4.69) is 24.8 Å². The van der Waals surface area contributed by atoms with Gasteiger partial charge in [-0.2, -0.15) is 0 Å². The fourth-order valence-electron chi connectivity index (χ4n) is 4.66. The number of benzene rings is 2. The van der Waals surface area contributed by atoms with Crippen LogP contribution in [0.4, 0.5) is 5.69 Å². The first kappa shape index (κ1) is 20.9. The quantitative estimate of drug-likeness (QED) is 0.553. The normalized spacial score (nSPS) is 24.5. The number of anilines is 1. The van der Waals surface area contributed by atoms with E-state index in [0.717, 1.165) is 22.7 Å². The summed E-state index contributed by atoms with van der Waals surface area (Å²) < 4.78 is 0. The molecule has 0 radical (unpaired) electrons. The standard InChI is InChI=1S/C24H30N4OS/c1-16-7-5-8-17(2)27(16)13-14-28-20-11-3-4-12-21(20)30-22(24(28)29)18-9-6-10-19(15-18)23(25)26/h3-4,6,9-12,15-17,22H,5,7-8,13-14H2,1-2H3,(H3,25,26)/t16-,17+,22?. The molecule has 1 saturated heterocycles. The number of nitrogens with zero attached hydrogens (tertiary/aromatic N) is 2. The number of carbonyl (C=O) groups is 1. The van der Waals surface area contributed by atoms with Gasteiger partial charge in [-0.15, -0.1) is 11.8 Å². The number of nitrogens with one attached hydrogen (secondary N) is 1. The van der Waals surface area contributed by atoms with Gasteiger partial charge in [0.25, 0.3) is 0 Å². The molecule has 1 fully saturated rings. The molecule has 6 heteroatoms. The van der Waals surface area contributed by atoms with Crippen molar-refractivity contribution in [3.63, 3.8) is 0 Å². The van der Waals surface area contributed by atoms with Gasteiger partial charge in [0.05, 0.1) is 5.69 Å². The second-order valence-corrected chi connectivity index (χ2v) is 9.51. The minimum atomic E-state index is -0.324. The number of nitrogen functional groups attached to an aromatic ring is 1. The fraction of sp³-hybridized carbons (Fsp3) is 0.417. The van der Waals surface area contributed by atoms with Gasteiger partial charge < -0.3 is 10.6 Å². The van der Waals surface area contributed by atoms with E-state index >= 15 is 0 Å². The number of amides is 1. The molecule has 0 aliphatic carbocycles. The van der Waals surface area contributed by atoms with Crippen LogP contribution in [0.1, 0.15) is 49.5 Å². The molecule has 3 atom stereocenters. The first-order valence-electron chi connectivity index (χ1n) is 10.7. The van der Waals surface area contributed by atoms with Crippen molar-refractivity contribution in [1.29, 1.82) is 5.41 Å². The Balaban J connectivity index is 1.61. The molecule has 3 N–H and O–H groups in total. The number of likely N-dealkylation sites (tertiary alicyclic amines) is 1. The van der Waals surface area contributed by atoms with Crippen LogP contribution in [0.2, 0.25) is 0 Å². The minimum absolute atomic E-state index is 0.0236. The van der Waals surface area contributed by atoms with Gasteiger partial charge in [0, 0.05) is 35.6 Å². The maximum atomic E-state index is 13.6. The van der Waals surface area contributed by atoms with Crippen molar-refractivity contribution in [3.8, 4) is 0 Å². The second kappa shape index (κ2) is 8.82. The number of hydrogen-bond acceptors (Lipinski definition) is 4.